The van der Waals surface area contributed by atoms with Crippen molar-refractivity contribution in [2.75, 3.05) is 11.9 Å². The third-order valence-electron chi connectivity index (χ3n) is 4.34. The largest absolute Gasteiger partial charge is 0.489 e. The number of nitrogens with one attached hydrogen (secondary N) is 2. The fourth-order valence-corrected chi connectivity index (χ4v) is 2.99. The molecule has 3 heterocycles. The first kappa shape index (κ1) is 13.3. The summed E-state index contributed by atoms with van der Waals surface area (Å²) < 4.78 is 5.52. The molecule has 5 nitrogen and oxygen atoms in total. The van der Waals surface area contributed by atoms with E-state index in [4.69, 9.17) is 4.74 Å². The summed E-state index contributed by atoms with van der Waals surface area (Å²) in [5.41, 5.74) is 6.79. The van der Waals surface area contributed by atoms with E-state index in [-0.39, 0.29) is 0 Å². The molecule has 0 atom stereocenters. The van der Waals surface area contributed by atoms with Crippen molar-refractivity contribution in [1.82, 2.24) is 15.3 Å². The quantitative estimate of drug-likeness (QED) is 0.892. The van der Waals surface area contributed by atoms with Crippen molar-refractivity contribution in [2.45, 2.75) is 26.5 Å². The Morgan fingerprint density at radius 1 is 1.36 bits per heavy atom. The van der Waals surface area contributed by atoms with Crippen molar-refractivity contribution in [1.29, 1.82) is 0 Å². The second kappa shape index (κ2) is 5.10. The molecule has 4 rings (SSSR count). The molecular weight excluding hydrogens is 276 g/mol. The Bertz CT molecular complexity index is 769. The van der Waals surface area contributed by atoms with E-state index in [1.54, 1.807) is 0 Å². The molecule has 0 unspecified atom stereocenters. The predicted octanol–water partition coefficient (Wildman–Crippen LogP) is 2.68. The van der Waals surface area contributed by atoms with Crippen molar-refractivity contribution < 1.29 is 4.74 Å². The minimum atomic E-state index is 0.590. The normalized spacial score (nSPS) is 16.0. The zero-order valence-corrected chi connectivity index (χ0v) is 12.6. The molecule has 5 heteroatoms. The fraction of sp³-hybridized carbons (Fsp3) is 0.294. The van der Waals surface area contributed by atoms with Gasteiger partial charge in [-0.15, -0.1) is 0 Å². The Morgan fingerprint density at radius 3 is 3.18 bits per heavy atom. The molecule has 0 radical (unpaired) electrons. The molecule has 0 bridgehead atoms. The van der Waals surface area contributed by atoms with Gasteiger partial charge in [0.05, 0.1) is 5.69 Å². The summed E-state index contributed by atoms with van der Waals surface area (Å²) >= 11 is 0. The smallest absolute Gasteiger partial charge is 0.227 e. The Balaban J connectivity index is 1.65. The number of anilines is 2. The lowest BCUT2D eigenvalue weighted by atomic mass is 10.0. The molecule has 0 spiro atoms. The Kier molecular flexibility index (Phi) is 3.08. The van der Waals surface area contributed by atoms with Gasteiger partial charge < -0.3 is 15.4 Å². The monoisotopic (exact) mass is 294 g/mol. The third-order valence-corrected chi connectivity index (χ3v) is 4.34. The van der Waals surface area contributed by atoms with Gasteiger partial charge in [0, 0.05) is 48.1 Å². The fourth-order valence-electron chi connectivity index (χ4n) is 2.99. The van der Waals surface area contributed by atoms with Gasteiger partial charge in [0.15, 0.2) is 0 Å². The zero-order valence-electron chi connectivity index (χ0n) is 12.6. The summed E-state index contributed by atoms with van der Waals surface area (Å²) in [6.45, 7) is 8.43. The molecule has 1 aromatic carbocycles. The maximum absolute atomic E-state index is 5.52. The van der Waals surface area contributed by atoms with Crippen LogP contribution in [0, 0.1) is 6.92 Å². The molecule has 2 aliphatic heterocycles. The van der Waals surface area contributed by atoms with Gasteiger partial charge in [0.1, 0.15) is 12.4 Å². The molecule has 0 aliphatic carbocycles. The Labute approximate surface area is 129 Å². The average Bonchev–Trinajstić information content (AvgIpc) is 2.92. The number of hydrogen-bond donors (Lipinski definition) is 2. The molecule has 0 fully saturated rings. The van der Waals surface area contributed by atoms with Crippen LogP contribution in [-0.2, 0) is 24.3 Å². The van der Waals surface area contributed by atoms with Gasteiger partial charge in [-0.2, -0.15) is 0 Å². The van der Waals surface area contributed by atoms with Crippen molar-refractivity contribution in [2.24, 2.45) is 0 Å². The highest BCUT2D eigenvalue weighted by Gasteiger charge is 2.20. The number of ether oxygens (including phenoxy) is 1. The molecular formula is C17H18N4O. The van der Waals surface area contributed by atoms with Crippen LogP contribution in [0.4, 0.5) is 11.6 Å². The number of nitrogens with zero attached hydrogens (tertiary/aromatic N) is 2. The molecule has 2 N–H and O–H groups in total. The van der Waals surface area contributed by atoms with Crippen molar-refractivity contribution >= 4 is 17.4 Å². The van der Waals surface area contributed by atoms with Gasteiger partial charge in [0.2, 0.25) is 5.95 Å². The number of fused-ring (bicyclic) bond motifs is 2. The van der Waals surface area contributed by atoms with Crippen molar-refractivity contribution in [3.05, 3.63) is 52.9 Å². The van der Waals surface area contributed by atoms with Gasteiger partial charge in [-0.05, 0) is 24.6 Å². The third kappa shape index (κ3) is 2.14. The van der Waals surface area contributed by atoms with Gasteiger partial charge >= 0.3 is 0 Å². The lowest BCUT2D eigenvalue weighted by molar-refractivity contribution is 0.286. The summed E-state index contributed by atoms with van der Waals surface area (Å²) in [6, 6.07) is 4.08. The number of benzene rings is 1. The highest BCUT2D eigenvalue weighted by Crippen LogP contribution is 2.34. The van der Waals surface area contributed by atoms with Crippen LogP contribution in [0.2, 0.25) is 0 Å². The van der Waals surface area contributed by atoms with Crippen LogP contribution in [0.15, 0.2) is 24.9 Å². The van der Waals surface area contributed by atoms with Gasteiger partial charge in [-0.3, -0.25) is 0 Å². The first-order valence-electron chi connectivity index (χ1n) is 7.49. The van der Waals surface area contributed by atoms with E-state index in [0.717, 1.165) is 42.2 Å². The minimum absolute atomic E-state index is 0.590. The number of hydrogen-bond acceptors (Lipinski definition) is 5. The van der Waals surface area contributed by atoms with Crippen LogP contribution < -0.4 is 10.6 Å². The van der Waals surface area contributed by atoms with Crippen LogP contribution in [0.5, 0.6) is 0 Å². The molecule has 0 saturated heterocycles. The van der Waals surface area contributed by atoms with Gasteiger partial charge in [-0.25, -0.2) is 9.97 Å². The van der Waals surface area contributed by atoms with Crippen LogP contribution in [0.3, 0.4) is 0 Å². The van der Waals surface area contributed by atoms with Crippen LogP contribution in [0.25, 0.3) is 5.76 Å². The number of rotatable bonds is 2. The standard InChI is InChI=1S/C17H18N4O/c1-10-14-9-22-11(2)13(14)3-4-15(10)20-17-19-8-12-7-18-6-5-16(12)21-17/h3-4,8,18H,2,5-7,9H2,1H3,(H,19,20,21). The van der Waals surface area contributed by atoms with E-state index < -0.39 is 0 Å². The molecule has 2 aromatic rings. The molecule has 0 saturated carbocycles. The predicted molar refractivity (Wildman–Crippen MR) is 85.7 cm³/mol. The van der Waals surface area contributed by atoms with Gasteiger partial charge in [0.25, 0.3) is 0 Å². The van der Waals surface area contributed by atoms with Crippen LogP contribution in [0.1, 0.15) is 27.9 Å². The Morgan fingerprint density at radius 2 is 2.27 bits per heavy atom. The average molecular weight is 294 g/mol. The Hall–Kier alpha value is -2.40. The maximum atomic E-state index is 5.52. The van der Waals surface area contributed by atoms with E-state index >= 15 is 0 Å². The topological polar surface area (TPSA) is 59.1 Å². The highest BCUT2D eigenvalue weighted by atomic mass is 16.5. The highest BCUT2D eigenvalue weighted by molar-refractivity contribution is 5.72. The van der Waals surface area contributed by atoms with Crippen molar-refractivity contribution in [3.8, 4) is 0 Å². The summed E-state index contributed by atoms with van der Waals surface area (Å²) in [5.74, 6) is 1.41. The molecule has 22 heavy (non-hydrogen) atoms. The van der Waals surface area contributed by atoms with E-state index in [0.29, 0.717) is 12.6 Å². The van der Waals surface area contributed by atoms with Gasteiger partial charge in [-0.1, -0.05) is 6.58 Å². The SMILES string of the molecule is C=C1OCc2c1ccc(Nc1ncc3c(n1)CCNC3)c2C. The lowest BCUT2D eigenvalue weighted by Crippen LogP contribution is -2.25. The van der Waals surface area contributed by atoms with Crippen LogP contribution in [-0.4, -0.2) is 16.5 Å². The first-order chi connectivity index (χ1) is 10.7. The summed E-state index contributed by atoms with van der Waals surface area (Å²) in [4.78, 5) is 9.07. The number of aromatic nitrogens is 2. The van der Waals surface area contributed by atoms with Crippen LogP contribution >= 0.6 is 0 Å². The zero-order chi connectivity index (χ0) is 15.1. The molecule has 0 amide bonds. The second-order valence-electron chi connectivity index (χ2n) is 5.69. The first-order valence-corrected chi connectivity index (χ1v) is 7.49. The van der Waals surface area contributed by atoms with E-state index in [9.17, 15) is 0 Å². The summed E-state index contributed by atoms with van der Waals surface area (Å²) in [6.07, 6.45) is 2.86. The minimum Gasteiger partial charge on any atom is -0.489 e. The second-order valence-corrected chi connectivity index (χ2v) is 5.69. The molecule has 2 aliphatic rings. The maximum Gasteiger partial charge on any atom is 0.227 e. The summed E-state index contributed by atoms with van der Waals surface area (Å²) in [7, 11) is 0. The van der Waals surface area contributed by atoms with E-state index in [1.165, 1.54) is 16.7 Å². The van der Waals surface area contributed by atoms with E-state index in [2.05, 4.69) is 34.1 Å². The van der Waals surface area contributed by atoms with E-state index in [1.807, 2.05) is 18.3 Å². The lowest BCUT2D eigenvalue weighted by Gasteiger charge is -2.17. The molecule has 1 aromatic heterocycles. The summed E-state index contributed by atoms with van der Waals surface area (Å²) in [5, 5.41) is 6.67. The van der Waals surface area contributed by atoms with Crippen molar-refractivity contribution in [3.63, 3.8) is 0 Å². The molecule has 112 valence electrons.